The quantitative estimate of drug-likeness (QED) is 0.743. The highest BCUT2D eigenvalue weighted by Crippen LogP contribution is 2.24. The summed E-state index contributed by atoms with van der Waals surface area (Å²) >= 11 is 0. The van der Waals surface area contributed by atoms with Gasteiger partial charge in [-0.2, -0.15) is 0 Å². The van der Waals surface area contributed by atoms with Gasteiger partial charge in [0.1, 0.15) is 11.4 Å². The van der Waals surface area contributed by atoms with Crippen LogP contribution in [0.4, 0.5) is 11.6 Å². The molecule has 1 N–H and O–H groups in total. The Bertz CT molecular complexity index is 1000. The van der Waals surface area contributed by atoms with Gasteiger partial charge in [-0.3, -0.25) is 4.72 Å². The average molecular weight is 361 g/mol. The second-order valence-corrected chi connectivity index (χ2v) is 7.67. The van der Waals surface area contributed by atoms with Gasteiger partial charge in [0.15, 0.2) is 5.58 Å². The molecule has 0 amide bonds. The van der Waals surface area contributed by atoms with Gasteiger partial charge in [-0.05, 0) is 26.0 Å². The second-order valence-electron chi connectivity index (χ2n) is 5.95. The number of nitrogens with zero attached hydrogens (tertiary/aromatic N) is 4. The van der Waals surface area contributed by atoms with E-state index in [2.05, 4.69) is 19.8 Å². The Kier molecular flexibility index (Phi) is 4.34. The fourth-order valence-electron chi connectivity index (χ4n) is 2.46. The maximum Gasteiger partial charge on any atom is 0.238 e. The Morgan fingerprint density at radius 2 is 1.76 bits per heavy atom. The van der Waals surface area contributed by atoms with Crippen molar-refractivity contribution in [3.05, 3.63) is 41.3 Å². The van der Waals surface area contributed by atoms with Gasteiger partial charge in [0.2, 0.25) is 16.0 Å². The molecule has 0 atom stereocenters. The van der Waals surface area contributed by atoms with Gasteiger partial charge in [0.05, 0.1) is 17.1 Å². The lowest BCUT2D eigenvalue weighted by molar-refractivity contribution is 0.448. The maximum atomic E-state index is 12.6. The molecule has 0 aliphatic heterocycles. The van der Waals surface area contributed by atoms with Crippen LogP contribution in [0.5, 0.6) is 0 Å². The number of hydrogen-bond donors (Lipinski definition) is 1. The summed E-state index contributed by atoms with van der Waals surface area (Å²) in [7, 11) is -0.0390. The summed E-state index contributed by atoms with van der Waals surface area (Å²) in [6.07, 6.45) is 0. The number of nitrogens with one attached hydrogen (secondary N) is 1. The first-order valence-corrected chi connectivity index (χ1v) is 9.28. The van der Waals surface area contributed by atoms with Crippen LogP contribution in [0, 0.1) is 13.8 Å². The highest BCUT2D eigenvalue weighted by Gasteiger charge is 2.20. The summed E-state index contributed by atoms with van der Waals surface area (Å²) in [4.78, 5) is 10.4. The fraction of sp³-hybridized carbons (Fsp3) is 0.312. The van der Waals surface area contributed by atoms with E-state index in [9.17, 15) is 8.42 Å². The first-order valence-electron chi connectivity index (χ1n) is 7.63. The molecule has 0 aliphatic carbocycles. The zero-order valence-electron chi connectivity index (χ0n) is 14.4. The third-order valence-corrected chi connectivity index (χ3v) is 4.86. The van der Waals surface area contributed by atoms with E-state index in [1.807, 2.05) is 20.2 Å². The van der Waals surface area contributed by atoms with Crippen LogP contribution < -0.4 is 9.62 Å². The molecule has 0 spiro atoms. The number of aryl methyl sites for hydroxylation is 2. The first-order chi connectivity index (χ1) is 11.8. The smallest absolute Gasteiger partial charge is 0.238 e. The van der Waals surface area contributed by atoms with Crippen LogP contribution >= 0.6 is 0 Å². The van der Waals surface area contributed by atoms with Crippen molar-refractivity contribution >= 4 is 32.6 Å². The van der Waals surface area contributed by atoms with Crippen LogP contribution in [0.2, 0.25) is 0 Å². The van der Waals surface area contributed by atoms with Crippen LogP contribution in [-0.4, -0.2) is 37.6 Å². The molecule has 0 aliphatic rings. The monoisotopic (exact) mass is 361 g/mol. The highest BCUT2D eigenvalue weighted by molar-refractivity contribution is 7.91. The summed E-state index contributed by atoms with van der Waals surface area (Å²) in [5.74, 6) is 0.235. The number of aromatic nitrogens is 3. The van der Waals surface area contributed by atoms with Gasteiger partial charge in [0.25, 0.3) is 0 Å². The third kappa shape index (κ3) is 3.55. The normalized spacial score (nSPS) is 11.7. The number of para-hydroxylation sites is 1. The maximum absolute atomic E-state index is 12.6. The van der Waals surface area contributed by atoms with Crippen LogP contribution in [0.25, 0.3) is 11.0 Å². The number of benzene rings is 1. The molecule has 0 fully saturated rings. The first kappa shape index (κ1) is 17.2. The molecule has 0 saturated carbocycles. The standard InChI is InChI=1S/C16H19N5O3S/c1-10-15(11(2)18-16(17-10)21(3)4)20-25(22,23)9-13-12-7-5-6-8-14(12)24-19-13/h5-8,20H,9H2,1-4H3. The lowest BCUT2D eigenvalue weighted by Gasteiger charge is -2.16. The number of fused-ring (bicyclic) bond motifs is 1. The molecule has 0 saturated heterocycles. The second kappa shape index (κ2) is 6.32. The van der Waals surface area contributed by atoms with Crippen molar-refractivity contribution in [2.24, 2.45) is 0 Å². The van der Waals surface area contributed by atoms with E-state index in [4.69, 9.17) is 4.52 Å². The molecule has 9 heteroatoms. The third-order valence-electron chi connectivity index (χ3n) is 3.70. The van der Waals surface area contributed by atoms with E-state index in [1.165, 1.54) is 0 Å². The van der Waals surface area contributed by atoms with Crippen LogP contribution in [0.15, 0.2) is 28.8 Å². The van der Waals surface area contributed by atoms with Crippen molar-refractivity contribution in [1.82, 2.24) is 15.1 Å². The number of rotatable bonds is 5. The van der Waals surface area contributed by atoms with E-state index in [0.717, 1.165) is 0 Å². The predicted molar refractivity (Wildman–Crippen MR) is 96.1 cm³/mol. The summed E-state index contributed by atoms with van der Waals surface area (Å²) in [5, 5.41) is 4.55. The molecule has 0 bridgehead atoms. The van der Waals surface area contributed by atoms with Crippen LogP contribution in [-0.2, 0) is 15.8 Å². The van der Waals surface area contributed by atoms with Gasteiger partial charge in [-0.25, -0.2) is 18.4 Å². The van der Waals surface area contributed by atoms with E-state index < -0.39 is 10.0 Å². The molecule has 2 aromatic heterocycles. The van der Waals surface area contributed by atoms with Gasteiger partial charge < -0.3 is 9.42 Å². The zero-order chi connectivity index (χ0) is 18.2. The molecule has 25 heavy (non-hydrogen) atoms. The largest absolute Gasteiger partial charge is 0.356 e. The average Bonchev–Trinajstić information content (AvgIpc) is 2.93. The van der Waals surface area contributed by atoms with Gasteiger partial charge >= 0.3 is 0 Å². The molecule has 1 aromatic carbocycles. The number of sulfonamides is 1. The van der Waals surface area contributed by atoms with Crippen LogP contribution in [0.1, 0.15) is 17.1 Å². The lowest BCUT2D eigenvalue weighted by atomic mass is 10.2. The molecule has 2 heterocycles. The lowest BCUT2D eigenvalue weighted by Crippen LogP contribution is -2.20. The van der Waals surface area contributed by atoms with Gasteiger partial charge in [-0.1, -0.05) is 17.3 Å². The van der Waals surface area contributed by atoms with E-state index in [1.54, 1.807) is 36.9 Å². The topological polar surface area (TPSA) is 101 Å². The number of anilines is 2. The van der Waals surface area contributed by atoms with Crippen LogP contribution in [0.3, 0.4) is 0 Å². The van der Waals surface area contributed by atoms with E-state index in [0.29, 0.717) is 39.7 Å². The fourth-order valence-corrected chi connectivity index (χ4v) is 3.71. The van der Waals surface area contributed by atoms with Crippen molar-refractivity contribution in [1.29, 1.82) is 0 Å². The molecule has 0 radical (unpaired) electrons. The van der Waals surface area contributed by atoms with Crippen molar-refractivity contribution in [3.8, 4) is 0 Å². The minimum Gasteiger partial charge on any atom is -0.356 e. The zero-order valence-corrected chi connectivity index (χ0v) is 15.3. The van der Waals surface area contributed by atoms with E-state index >= 15 is 0 Å². The highest BCUT2D eigenvalue weighted by atomic mass is 32.2. The summed E-state index contributed by atoms with van der Waals surface area (Å²) in [6.45, 7) is 3.48. The minimum absolute atomic E-state index is 0.293. The van der Waals surface area contributed by atoms with Crippen molar-refractivity contribution < 1.29 is 12.9 Å². The Hall–Kier alpha value is -2.68. The molecule has 3 aromatic rings. The SMILES string of the molecule is Cc1nc(N(C)C)nc(C)c1NS(=O)(=O)Cc1noc2ccccc12. The Morgan fingerprint density at radius 1 is 1.12 bits per heavy atom. The van der Waals surface area contributed by atoms with E-state index in [-0.39, 0.29) is 5.75 Å². The van der Waals surface area contributed by atoms with Gasteiger partial charge in [-0.15, -0.1) is 0 Å². The van der Waals surface area contributed by atoms with Crippen molar-refractivity contribution in [3.63, 3.8) is 0 Å². The Labute approximate surface area is 145 Å². The predicted octanol–water partition coefficient (Wildman–Crippen LogP) is 2.24. The molecule has 3 rings (SSSR count). The molecule has 8 nitrogen and oxygen atoms in total. The summed E-state index contributed by atoms with van der Waals surface area (Å²) in [5.41, 5.74) is 2.43. The molecule has 0 unspecified atom stereocenters. The van der Waals surface area contributed by atoms with Crippen molar-refractivity contribution in [2.75, 3.05) is 23.7 Å². The molecular weight excluding hydrogens is 342 g/mol. The molecule has 132 valence electrons. The minimum atomic E-state index is -3.69. The van der Waals surface area contributed by atoms with Gasteiger partial charge in [0, 0.05) is 19.5 Å². The molecular formula is C16H19N5O3S. The van der Waals surface area contributed by atoms with Crippen molar-refractivity contribution in [2.45, 2.75) is 19.6 Å². The summed E-state index contributed by atoms with van der Waals surface area (Å²) < 4.78 is 32.9. The Morgan fingerprint density at radius 3 is 2.40 bits per heavy atom. The summed E-state index contributed by atoms with van der Waals surface area (Å²) in [6, 6.07) is 7.14. The number of hydrogen-bond acceptors (Lipinski definition) is 7. The Balaban J connectivity index is 1.89.